The number of amides is 2. The lowest BCUT2D eigenvalue weighted by Crippen LogP contribution is -2.34. The smallest absolute Gasteiger partial charge is 0.225 e. The van der Waals surface area contributed by atoms with Gasteiger partial charge in [-0.25, -0.2) is 4.98 Å². The van der Waals surface area contributed by atoms with Crippen LogP contribution in [0.25, 0.3) is 0 Å². The van der Waals surface area contributed by atoms with E-state index in [0.29, 0.717) is 26.1 Å². The van der Waals surface area contributed by atoms with E-state index >= 15 is 0 Å². The molecular weight excluding hydrogens is 298 g/mol. The van der Waals surface area contributed by atoms with Gasteiger partial charge in [0.25, 0.3) is 0 Å². The molecule has 1 aliphatic heterocycles. The molecular formula is C16H25N3O2S. The Balaban J connectivity index is 1.83. The molecule has 0 bridgehead atoms. The lowest BCUT2D eigenvalue weighted by Gasteiger charge is -2.15. The van der Waals surface area contributed by atoms with E-state index in [1.807, 2.05) is 6.92 Å². The Hall–Kier alpha value is -1.43. The van der Waals surface area contributed by atoms with E-state index in [1.165, 1.54) is 0 Å². The normalized spacial score (nSPS) is 18.5. The van der Waals surface area contributed by atoms with Gasteiger partial charge >= 0.3 is 0 Å². The Labute approximate surface area is 136 Å². The SMILES string of the molecule is CCC(=O)N1CCC(C(=O)NCc2nc(C(C)(C)C)cs2)C1. The van der Waals surface area contributed by atoms with E-state index in [0.717, 1.165) is 17.1 Å². The summed E-state index contributed by atoms with van der Waals surface area (Å²) in [6.45, 7) is 9.94. The Morgan fingerprint density at radius 2 is 2.18 bits per heavy atom. The van der Waals surface area contributed by atoms with Gasteiger partial charge in [0, 0.05) is 30.3 Å². The molecule has 0 saturated carbocycles. The maximum atomic E-state index is 12.2. The minimum atomic E-state index is -0.0856. The molecule has 2 amide bonds. The highest BCUT2D eigenvalue weighted by atomic mass is 32.1. The zero-order valence-electron chi connectivity index (χ0n) is 13.8. The van der Waals surface area contributed by atoms with Crippen molar-refractivity contribution in [1.82, 2.24) is 15.2 Å². The van der Waals surface area contributed by atoms with Crippen molar-refractivity contribution in [1.29, 1.82) is 0 Å². The average Bonchev–Trinajstić information content (AvgIpc) is 3.12. The van der Waals surface area contributed by atoms with Crippen LogP contribution in [0.1, 0.15) is 51.2 Å². The third-order valence-electron chi connectivity index (χ3n) is 3.95. The second-order valence-electron chi connectivity index (χ2n) is 6.77. The molecule has 1 N–H and O–H groups in total. The summed E-state index contributed by atoms with van der Waals surface area (Å²) < 4.78 is 0. The van der Waals surface area contributed by atoms with E-state index in [4.69, 9.17) is 0 Å². The third-order valence-corrected chi connectivity index (χ3v) is 4.80. The third kappa shape index (κ3) is 4.06. The summed E-state index contributed by atoms with van der Waals surface area (Å²) in [5.41, 5.74) is 1.09. The number of carbonyl (C=O) groups is 2. The van der Waals surface area contributed by atoms with Crippen molar-refractivity contribution < 1.29 is 9.59 Å². The molecule has 2 heterocycles. The number of thiazole rings is 1. The van der Waals surface area contributed by atoms with E-state index in [2.05, 4.69) is 36.5 Å². The van der Waals surface area contributed by atoms with Gasteiger partial charge in [-0.3, -0.25) is 9.59 Å². The zero-order valence-corrected chi connectivity index (χ0v) is 14.6. The van der Waals surface area contributed by atoms with Crippen LogP contribution in [-0.2, 0) is 21.5 Å². The first-order chi connectivity index (χ1) is 10.3. The van der Waals surface area contributed by atoms with Crippen LogP contribution in [0.3, 0.4) is 0 Å². The van der Waals surface area contributed by atoms with E-state index < -0.39 is 0 Å². The van der Waals surface area contributed by atoms with E-state index in [1.54, 1.807) is 16.2 Å². The number of carbonyl (C=O) groups excluding carboxylic acids is 2. The number of rotatable bonds is 4. The van der Waals surface area contributed by atoms with Gasteiger partial charge in [-0.1, -0.05) is 27.7 Å². The fourth-order valence-electron chi connectivity index (χ4n) is 2.47. The lowest BCUT2D eigenvalue weighted by molar-refractivity contribution is -0.130. The van der Waals surface area contributed by atoms with Crippen LogP contribution < -0.4 is 5.32 Å². The number of likely N-dealkylation sites (tertiary alicyclic amines) is 1. The minimum absolute atomic E-state index is 0.0268. The Morgan fingerprint density at radius 3 is 2.77 bits per heavy atom. The second kappa shape index (κ2) is 6.77. The van der Waals surface area contributed by atoms with Crippen molar-refractivity contribution in [2.24, 2.45) is 5.92 Å². The van der Waals surface area contributed by atoms with Gasteiger partial charge < -0.3 is 10.2 Å². The Bertz CT molecular complexity index is 548. The number of nitrogens with one attached hydrogen (secondary N) is 1. The largest absolute Gasteiger partial charge is 0.349 e. The van der Waals surface area contributed by atoms with Crippen LogP contribution in [0, 0.1) is 5.92 Å². The molecule has 1 saturated heterocycles. The molecule has 1 atom stereocenters. The quantitative estimate of drug-likeness (QED) is 0.925. The molecule has 5 nitrogen and oxygen atoms in total. The van der Waals surface area contributed by atoms with Crippen molar-refractivity contribution in [2.45, 2.75) is 52.5 Å². The summed E-state index contributed by atoms with van der Waals surface area (Å²) in [4.78, 5) is 30.2. The van der Waals surface area contributed by atoms with Crippen LogP contribution in [0.2, 0.25) is 0 Å². The highest BCUT2D eigenvalue weighted by Crippen LogP contribution is 2.24. The first-order valence-electron chi connectivity index (χ1n) is 7.81. The van der Waals surface area contributed by atoms with Gasteiger partial charge in [0.2, 0.25) is 11.8 Å². The van der Waals surface area contributed by atoms with Crippen LogP contribution in [0.15, 0.2) is 5.38 Å². The fourth-order valence-corrected chi connectivity index (χ4v) is 3.43. The Kier molecular flexibility index (Phi) is 5.21. The molecule has 0 aliphatic carbocycles. The molecule has 0 aromatic carbocycles. The van der Waals surface area contributed by atoms with Crippen molar-refractivity contribution in [3.8, 4) is 0 Å². The van der Waals surface area contributed by atoms with Gasteiger partial charge in [-0.2, -0.15) is 0 Å². The summed E-state index contributed by atoms with van der Waals surface area (Å²) in [5.74, 6) is 0.0708. The summed E-state index contributed by atoms with van der Waals surface area (Å²) in [6, 6.07) is 0. The van der Waals surface area contributed by atoms with Gasteiger partial charge in [0.15, 0.2) is 0 Å². The van der Waals surface area contributed by atoms with Crippen molar-refractivity contribution in [3.63, 3.8) is 0 Å². The molecule has 122 valence electrons. The summed E-state index contributed by atoms with van der Waals surface area (Å²) in [6.07, 6.45) is 1.26. The molecule has 0 spiro atoms. The van der Waals surface area contributed by atoms with Crippen molar-refractivity contribution >= 4 is 23.2 Å². The van der Waals surface area contributed by atoms with Gasteiger partial charge in [0.05, 0.1) is 18.2 Å². The number of aromatic nitrogens is 1. The van der Waals surface area contributed by atoms with Crippen LogP contribution in [-0.4, -0.2) is 34.8 Å². The number of hydrogen-bond donors (Lipinski definition) is 1. The number of nitrogens with zero attached hydrogens (tertiary/aromatic N) is 2. The molecule has 22 heavy (non-hydrogen) atoms. The van der Waals surface area contributed by atoms with Gasteiger partial charge in [-0.05, 0) is 6.42 Å². The highest BCUT2D eigenvalue weighted by molar-refractivity contribution is 7.09. The molecule has 6 heteroatoms. The van der Waals surface area contributed by atoms with Crippen molar-refractivity contribution in [3.05, 3.63) is 16.1 Å². The molecule has 1 aromatic heterocycles. The van der Waals surface area contributed by atoms with Crippen molar-refractivity contribution in [2.75, 3.05) is 13.1 Å². The molecule has 2 rings (SSSR count). The van der Waals surface area contributed by atoms with E-state index in [9.17, 15) is 9.59 Å². The maximum absolute atomic E-state index is 12.2. The zero-order chi connectivity index (χ0) is 16.3. The monoisotopic (exact) mass is 323 g/mol. The molecule has 0 radical (unpaired) electrons. The molecule has 1 aliphatic rings. The molecule has 1 fully saturated rings. The number of hydrogen-bond acceptors (Lipinski definition) is 4. The van der Waals surface area contributed by atoms with E-state index in [-0.39, 0.29) is 23.1 Å². The summed E-state index contributed by atoms with van der Waals surface area (Å²) >= 11 is 1.58. The topological polar surface area (TPSA) is 62.3 Å². The maximum Gasteiger partial charge on any atom is 0.225 e. The summed E-state index contributed by atoms with van der Waals surface area (Å²) in [5, 5.41) is 5.94. The Morgan fingerprint density at radius 1 is 1.45 bits per heavy atom. The van der Waals surface area contributed by atoms with Crippen LogP contribution in [0.4, 0.5) is 0 Å². The molecule has 1 unspecified atom stereocenters. The van der Waals surface area contributed by atoms with Crippen LogP contribution in [0.5, 0.6) is 0 Å². The van der Waals surface area contributed by atoms with Gasteiger partial charge in [0.1, 0.15) is 5.01 Å². The minimum Gasteiger partial charge on any atom is -0.349 e. The predicted octanol–water partition coefficient (Wildman–Crippen LogP) is 2.32. The predicted molar refractivity (Wildman–Crippen MR) is 87.6 cm³/mol. The lowest BCUT2D eigenvalue weighted by atomic mass is 9.93. The summed E-state index contributed by atoms with van der Waals surface area (Å²) in [7, 11) is 0. The fraction of sp³-hybridized carbons (Fsp3) is 0.688. The second-order valence-corrected chi connectivity index (χ2v) is 7.72. The van der Waals surface area contributed by atoms with Crippen LogP contribution >= 0.6 is 11.3 Å². The standard InChI is InChI=1S/C16H25N3O2S/c1-5-14(20)19-7-6-11(9-19)15(21)17-8-13-18-12(10-22-13)16(2,3)4/h10-11H,5-9H2,1-4H3,(H,17,21). The van der Waals surface area contributed by atoms with Gasteiger partial charge in [-0.15, -0.1) is 11.3 Å². The first kappa shape index (κ1) is 16.9. The highest BCUT2D eigenvalue weighted by Gasteiger charge is 2.30. The first-order valence-corrected chi connectivity index (χ1v) is 8.69. The average molecular weight is 323 g/mol. The molecule has 1 aromatic rings.